The van der Waals surface area contributed by atoms with E-state index in [-0.39, 0.29) is 0 Å². The van der Waals surface area contributed by atoms with Crippen molar-refractivity contribution in [3.05, 3.63) is 24.3 Å². The fourth-order valence-electron chi connectivity index (χ4n) is 7.14. The molecule has 334 valence electrons. The number of aliphatic hydroxyl groups excluding tert-OH is 2. The average molecular weight is 797 g/mol. The van der Waals surface area contributed by atoms with E-state index in [1.165, 1.54) is 167 Å². The average Bonchev–Trinajstić information content (AvgIpc) is 3.18. The van der Waals surface area contributed by atoms with Crippen molar-refractivity contribution < 1.29 is 29.9 Å². The summed E-state index contributed by atoms with van der Waals surface area (Å²) in [5, 5.41) is 37.6. The van der Waals surface area contributed by atoms with E-state index >= 15 is 0 Å². The van der Waals surface area contributed by atoms with E-state index in [4.69, 9.17) is 9.47 Å². The molecule has 56 heavy (non-hydrogen) atoms. The minimum atomic E-state index is -1.27. The molecule has 0 rings (SSSR count). The lowest BCUT2D eigenvalue weighted by molar-refractivity contribution is -0.0530. The topological polar surface area (TPSA) is 106 Å². The fraction of sp³-hybridized carbons (Fsp3) is 0.917. The van der Waals surface area contributed by atoms with E-state index in [1.807, 2.05) is 0 Å². The molecule has 0 saturated carbocycles. The lowest BCUT2D eigenvalue weighted by Gasteiger charge is -2.23. The van der Waals surface area contributed by atoms with E-state index in [2.05, 4.69) is 48.0 Å². The Morgan fingerprint density at radius 1 is 0.339 bits per heavy atom. The summed E-state index contributed by atoms with van der Waals surface area (Å²) in [5.74, 6) is 0. The molecular formula is C48H96N2O6. The Bertz CT molecular complexity index is 732. The summed E-state index contributed by atoms with van der Waals surface area (Å²) in [6.45, 7) is 11.6. The highest BCUT2D eigenvalue weighted by atomic mass is 16.5. The highest BCUT2D eigenvalue weighted by molar-refractivity contribution is 4.82. The van der Waals surface area contributed by atoms with Crippen molar-refractivity contribution in [3.8, 4) is 0 Å². The van der Waals surface area contributed by atoms with Gasteiger partial charge in [-0.3, -0.25) is 0 Å². The first kappa shape index (κ1) is 55.2. The fourth-order valence-corrected chi connectivity index (χ4v) is 7.14. The van der Waals surface area contributed by atoms with Crippen LogP contribution in [0.15, 0.2) is 24.3 Å². The Balaban J connectivity index is 3.93. The maximum atomic E-state index is 9.41. The maximum absolute atomic E-state index is 9.41. The standard InChI is InChI=1S/C48H96N2O6/c1-3-5-7-9-11-13-15-17-19-21-23-25-27-29-31-33-37-49(39-35-47(51)52)41-43-55-45-46-56-44-42-50(40-36-48(53)54)38-34-32-30-28-26-24-22-20-18-16-14-12-10-8-6-4-2/h17-20,47-48,51-54H,3-16,21-46H2,1-2H3/b19-17-,20-18-. The minimum absolute atomic E-state index is 0.358. The molecule has 0 radical (unpaired) electrons. The van der Waals surface area contributed by atoms with Gasteiger partial charge in [-0.1, -0.05) is 154 Å². The predicted octanol–water partition coefficient (Wildman–Crippen LogP) is 11.1. The van der Waals surface area contributed by atoms with Crippen LogP contribution in [0.4, 0.5) is 0 Å². The Kier molecular flexibility index (Phi) is 46.1. The number of aliphatic hydroxyl groups is 4. The Morgan fingerprint density at radius 3 is 0.929 bits per heavy atom. The Labute approximate surface area is 347 Å². The van der Waals surface area contributed by atoms with Crippen LogP contribution in [0.2, 0.25) is 0 Å². The quantitative estimate of drug-likeness (QED) is 0.0274. The normalized spacial score (nSPS) is 12.4. The van der Waals surface area contributed by atoms with Crippen molar-refractivity contribution in [2.75, 3.05) is 65.7 Å². The summed E-state index contributed by atoms with van der Waals surface area (Å²) >= 11 is 0. The van der Waals surface area contributed by atoms with Gasteiger partial charge in [-0.25, -0.2) is 0 Å². The molecule has 0 aromatic heterocycles. The molecule has 0 bridgehead atoms. The summed E-state index contributed by atoms with van der Waals surface area (Å²) < 4.78 is 11.7. The van der Waals surface area contributed by atoms with Crippen LogP contribution in [0.25, 0.3) is 0 Å². The SMILES string of the molecule is CCCCCCCC/C=C\CCCCCCCCN(CCOCCOCCN(CCCCCCCC/C=C\CCCCCCCC)CCC(O)O)CCC(O)O. The van der Waals surface area contributed by atoms with Gasteiger partial charge in [0.2, 0.25) is 0 Å². The van der Waals surface area contributed by atoms with E-state index in [0.29, 0.717) is 52.4 Å². The molecular weight excluding hydrogens is 701 g/mol. The van der Waals surface area contributed by atoms with Gasteiger partial charge in [-0.15, -0.1) is 0 Å². The molecule has 0 unspecified atom stereocenters. The van der Waals surface area contributed by atoms with Gasteiger partial charge in [0.05, 0.1) is 26.4 Å². The summed E-state index contributed by atoms with van der Waals surface area (Å²) in [6.07, 6.45) is 44.1. The van der Waals surface area contributed by atoms with Crippen LogP contribution >= 0.6 is 0 Å². The van der Waals surface area contributed by atoms with Gasteiger partial charge in [0.15, 0.2) is 12.6 Å². The van der Waals surface area contributed by atoms with Crippen LogP contribution in [0.3, 0.4) is 0 Å². The van der Waals surface area contributed by atoms with Crippen molar-refractivity contribution in [1.29, 1.82) is 0 Å². The summed E-state index contributed by atoms with van der Waals surface area (Å²) in [6, 6.07) is 0. The van der Waals surface area contributed by atoms with Gasteiger partial charge in [-0.05, 0) is 77.3 Å². The molecule has 0 aliphatic carbocycles. The van der Waals surface area contributed by atoms with Gasteiger partial charge >= 0.3 is 0 Å². The monoisotopic (exact) mass is 797 g/mol. The van der Waals surface area contributed by atoms with E-state index in [0.717, 1.165) is 39.0 Å². The van der Waals surface area contributed by atoms with Crippen LogP contribution in [0, 0.1) is 0 Å². The second-order valence-corrected chi connectivity index (χ2v) is 16.3. The third kappa shape index (κ3) is 45.9. The number of hydrogen-bond acceptors (Lipinski definition) is 8. The molecule has 0 saturated heterocycles. The Morgan fingerprint density at radius 2 is 0.625 bits per heavy atom. The molecule has 8 nitrogen and oxygen atoms in total. The van der Waals surface area contributed by atoms with Crippen LogP contribution in [0.5, 0.6) is 0 Å². The zero-order chi connectivity index (χ0) is 40.8. The van der Waals surface area contributed by atoms with Crippen molar-refractivity contribution in [3.63, 3.8) is 0 Å². The van der Waals surface area contributed by atoms with Gasteiger partial charge in [0, 0.05) is 39.0 Å². The van der Waals surface area contributed by atoms with Crippen LogP contribution in [-0.2, 0) is 9.47 Å². The molecule has 0 spiro atoms. The molecule has 4 N–H and O–H groups in total. The minimum Gasteiger partial charge on any atom is -0.378 e. The molecule has 0 heterocycles. The second-order valence-electron chi connectivity index (χ2n) is 16.3. The third-order valence-corrected chi connectivity index (χ3v) is 10.9. The summed E-state index contributed by atoms with van der Waals surface area (Å²) in [7, 11) is 0. The summed E-state index contributed by atoms with van der Waals surface area (Å²) in [5.41, 5.74) is 0. The number of rotatable bonds is 47. The van der Waals surface area contributed by atoms with Gasteiger partial charge in [0.1, 0.15) is 0 Å². The number of unbranched alkanes of at least 4 members (excludes halogenated alkanes) is 24. The highest BCUT2D eigenvalue weighted by Crippen LogP contribution is 2.13. The summed E-state index contributed by atoms with van der Waals surface area (Å²) in [4.78, 5) is 4.58. The van der Waals surface area contributed by atoms with Crippen LogP contribution < -0.4 is 0 Å². The lowest BCUT2D eigenvalue weighted by Crippen LogP contribution is -2.32. The number of ether oxygens (including phenoxy) is 2. The molecule has 0 aromatic carbocycles. The number of allylic oxidation sites excluding steroid dienone is 4. The maximum Gasteiger partial charge on any atom is 0.152 e. The van der Waals surface area contributed by atoms with E-state index in [1.54, 1.807) is 0 Å². The first-order valence-corrected chi connectivity index (χ1v) is 24.1. The molecule has 0 fully saturated rings. The van der Waals surface area contributed by atoms with Crippen molar-refractivity contribution in [1.82, 2.24) is 9.80 Å². The van der Waals surface area contributed by atoms with E-state index < -0.39 is 12.6 Å². The van der Waals surface area contributed by atoms with Crippen molar-refractivity contribution >= 4 is 0 Å². The molecule has 0 amide bonds. The van der Waals surface area contributed by atoms with Crippen LogP contribution in [-0.4, -0.2) is 109 Å². The second kappa shape index (κ2) is 46.8. The Hall–Kier alpha value is -0.840. The molecule has 0 aliphatic rings. The smallest absolute Gasteiger partial charge is 0.152 e. The predicted molar refractivity (Wildman–Crippen MR) is 239 cm³/mol. The molecule has 0 atom stereocenters. The van der Waals surface area contributed by atoms with Gasteiger partial charge in [-0.2, -0.15) is 0 Å². The van der Waals surface area contributed by atoms with E-state index in [9.17, 15) is 20.4 Å². The highest BCUT2D eigenvalue weighted by Gasteiger charge is 2.09. The third-order valence-electron chi connectivity index (χ3n) is 10.9. The first-order valence-electron chi connectivity index (χ1n) is 24.1. The van der Waals surface area contributed by atoms with Gasteiger partial charge in [0.25, 0.3) is 0 Å². The zero-order valence-corrected chi connectivity index (χ0v) is 37.2. The van der Waals surface area contributed by atoms with Crippen molar-refractivity contribution in [2.45, 2.75) is 219 Å². The molecule has 0 aliphatic heterocycles. The van der Waals surface area contributed by atoms with Gasteiger partial charge < -0.3 is 39.7 Å². The molecule has 8 heteroatoms. The largest absolute Gasteiger partial charge is 0.378 e. The van der Waals surface area contributed by atoms with Crippen molar-refractivity contribution in [2.24, 2.45) is 0 Å². The lowest BCUT2D eigenvalue weighted by atomic mass is 10.1. The first-order chi connectivity index (χ1) is 27.5. The van der Waals surface area contributed by atoms with Crippen LogP contribution in [0.1, 0.15) is 206 Å². The molecule has 0 aromatic rings. The number of nitrogens with zero attached hydrogens (tertiary/aromatic N) is 2. The number of hydrogen-bond donors (Lipinski definition) is 4. The zero-order valence-electron chi connectivity index (χ0n) is 37.2.